The molecule has 68 valence electrons. The van der Waals surface area contributed by atoms with Crippen molar-refractivity contribution in [2.75, 3.05) is 13.2 Å². The minimum absolute atomic E-state index is 0.316. The molecule has 0 aromatic carbocycles. The van der Waals surface area contributed by atoms with Gasteiger partial charge < -0.3 is 9.84 Å². The highest BCUT2D eigenvalue weighted by molar-refractivity contribution is 5.86. The first-order chi connectivity index (χ1) is 5.74. The molecule has 1 fully saturated rings. The van der Waals surface area contributed by atoms with E-state index in [-0.39, 0.29) is 0 Å². The third-order valence-electron chi connectivity index (χ3n) is 2.06. The first-order valence-electron chi connectivity index (χ1n) is 4.25. The number of ether oxygens (including phenoxy) is 1. The van der Waals surface area contributed by atoms with Crippen LogP contribution in [0, 0.1) is 5.92 Å². The lowest BCUT2D eigenvalue weighted by Crippen LogP contribution is -2.03. The van der Waals surface area contributed by atoms with Crippen LogP contribution in [0.3, 0.4) is 0 Å². The number of hydrogen-bond acceptors (Lipinski definition) is 2. The molecule has 0 spiro atoms. The van der Waals surface area contributed by atoms with Crippen molar-refractivity contribution >= 4 is 5.97 Å². The molecule has 0 amide bonds. The maximum Gasteiger partial charge on any atom is 0.331 e. The maximum atomic E-state index is 10.6. The number of aliphatic carboxylic acids is 1. The number of rotatable bonds is 3. The van der Waals surface area contributed by atoms with Crippen molar-refractivity contribution in [3.8, 4) is 0 Å². The maximum absolute atomic E-state index is 10.6. The normalized spacial score (nSPS) is 24.4. The quantitative estimate of drug-likeness (QED) is 0.652. The van der Waals surface area contributed by atoms with E-state index in [0.717, 1.165) is 13.0 Å². The molecule has 1 heterocycles. The monoisotopic (exact) mass is 170 g/mol. The molecule has 1 N–H and O–H groups in total. The molecule has 3 nitrogen and oxygen atoms in total. The van der Waals surface area contributed by atoms with E-state index in [1.165, 1.54) is 0 Å². The zero-order chi connectivity index (χ0) is 8.97. The Balaban J connectivity index is 2.56. The first kappa shape index (κ1) is 9.26. The van der Waals surface area contributed by atoms with Gasteiger partial charge in [0.1, 0.15) is 0 Å². The van der Waals surface area contributed by atoms with Crippen LogP contribution in [0.1, 0.15) is 19.8 Å². The van der Waals surface area contributed by atoms with Gasteiger partial charge in [-0.05, 0) is 12.8 Å². The van der Waals surface area contributed by atoms with Crippen LogP contribution in [0.25, 0.3) is 0 Å². The summed E-state index contributed by atoms with van der Waals surface area (Å²) in [7, 11) is 0. The minimum atomic E-state index is -0.801. The third kappa shape index (κ3) is 2.34. The van der Waals surface area contributed by atoms with Gasteiger partial charge in [-0.1, -0.05) is 13.0 Å². The van der Waals surface area contributed by atoms with Gasteiger partial charge in [0.2, 0.25) is 0 Å². The fourth-order valence-electron chi connectivity index (χ4n) is 1.31. The highest BCUT2D eigenvalue weighted by Gasteiger charge is 2.15. The molecule has 1 atom stereocenters. The summed E-state index contributed by atoms with van der Waals surface area (Å²) in [5, 5.41) is 8.72. The van der Waals surface area contributed by atoms with E-state index in [1.807, 2.05) is 13.0 Å². The minimum Gasteiger partial charge on any atom is -0.478 e. The summed E-state index contributed by atoms with van der Waals surface area (Å²) in [5.41, 5.74) is 0.505. The topological polar surface area (TPSA) is 46.5 Å². The van der Waals surface area contributed by atoms with Crippen LogP contribution in [-0.4, -0.2) is 24.3 Å². The van der Waals surface area contributed by atoms with Crippen molar-refractivity contribution in [1.29, 1.82) is 0 Å². The Morgan fingerprint density at radius 2 is 2.50 bits per heavy atom. The van der Waals surface area contributed by atoms with E-state index >= 15 is 0 Å². The lowest BCUT2D eigenvalue weighted by atomic mass is 10.0. The molecule has 1 aliphatic rings. The zero-order valence-electron chi connectivity index (χ0n) is 7.25. The molecule has 1 unspecified atom stereocenters. The Labute approximate surface area is 72.0 Å². The molecule has 12 heavy (non-hydrogen) atoms. The molecule has 0 radical (unpaired) electrons. The summed E-state index contributed by atoms with van der Waals surface area (Å²) in [5.74, 6) is -0.486. The summed E-state index contributed by atoms with van der Waals surface area (Å²) in [6, 6.07) is 0. The number of carbonyl (C=O) groups is 1. The largest absolute Gasteiger partial charge is 0.478 e. The Kier molecular flexibility index (Phi) is 3.29. The van der Waals surface area contributed by atoms with E-state index < -0.39 is 5.97 Å². The Morgan fingerprint density at radius 3 is 2.92 bits per heavy atom. The second-order valence-electron chi connectivity index (χ2n) is 2.97. The molecular weight excluding hydrogens is 156 g/mol. The van der Waals surface area contributed by atoms with Crippen molar-refractivity contribution in [1.82, 2.24) is 0 Å². The molecule has 0 bridgehead atoms. The fourth-order valence-corrected chi connectivity index (χ4v) is 1.31. The van der Waals surface area contributed by atoms with Crippen LogP contribution < -0.4 is 0 Å². The fraction of sp³-hybridized carbons (Fsp3) is 0.667. The van der Waals surface area contributed by atoms with Gasteiger partial charge in [0.05, 0.1) is 6.61 Å². The zero-order valence-corrected chi connectivity index (χ0v) is 7.25. The Hall–Kier alpha value is -0.830. The van der Waals surface area contributed by atoms with Gasteiger partial charge in [-0.25, -0.2) is 4.79 Å². The lowest BCUT2D eigenvalue weighted by molar-refractivity contribution is -0.132. The van der Waals surface area contributed by atoms with Crippen molar-refractivity contribution < 1.29 is 14.6 Å². The second-order valence-corrected chi connectivity index (χ2v) is 2.97. The average Bonchev–Trinajstić information content (AvgIpc) is 2.51. The number of hydrogen-bond donors (Lipinski definition) is 1. The highest BCUT2D eigenvalue weighted by Crippen LogP contribution is 2.16. The Bertz CT molecular complexity index is 190. The SMILES string of the molecule is CCC(=CC1CCOC1)C(=O)O. The van der Waals surface area contributed by atoms with E-state index in [1.54, 1.807) is 0 Å². The molecule has 3 heteroatoms. The van der Waals surface area contributed by atoms with E-state index in [2.05, 4.69) is 0 Å². The van der Waals surface area contributed by atoms with Crippen molar-refractivity contribution in [2.24, 2.45) is 5.92 Å². The summed E-state index contributed by atoms with van der Waals surface area (Å²) < 4.78 is 5.14. The Morgan fingerprint density at radius 1 is 1.75 bits per heavy atom. The molecule has 1 rings (SSSR count). The van der Waals surface area contributed by atoms with Crippen LogP contribution in [0.4, 0.5) is 0 Å². The summed E-state index contributed by atoms with van der Waals surface area (Å²) >= 11 is 0. The van der Waals surface area contributed by atoms with Gasteiger partial charge in [0, 0.05) is 18.1 Å². The van der Waals surface area contributed by atoms with Crippen LogP contribution in [-0.2, 0) is 9.53 Å². The van der Waals surface area contributed by atoms with Gasteiger partial charge in [0.15, 0.2) is 0 Å². The second kappa shape index (κ2) is 4.26. The van der Waals surface area contributed by atoms with Crippen LogP contribution >= 0.6 is 0 Å². The van der Waals surface area contributed by atoms with Gasteiger partial charge >= 0.3 is 5.97 Å². The van der Waals surface area contributed by atoms with Gasteiger partial charge in [-0.15, -0.1) is 0 Å². The van der Waals surface area contributed by atoms with Crippen LogP contribution in [0.15, 0.2) is 11.6 Å². The predicted molar refractivity (Wildman–Crippen MR) is 44.9 cm³/mol. The van der Waals surface area contributed by atoms with E-state index in [4.69, 9.17) is 9.84 Å². The van der Waals surface area contributed by atoms with Gasteiger partial charge in [0.25, 0.3) is 0 Å². The van der Waals surface area contributed by atoms with Crippen molar-refractivity contribution in [3.05, 3.63) is 11.6 Å². The van der Waals surface area contributed by atoms with Gasteiger partial charge in [-0.2, -0.15) is 0 Å². The standard InChI is InChI=1S/C9H14O3/c1-2-8(9(10)11)5-7-3-4-12-6-7/h5,7H,2-4,6H2,1H3,(H,10,11). The molecule has 1 aliphatic heterocycles. The third-order valence-corrected chi connectivity index (χ3v) is 2.06. The number of carboxylic acid groups (broad SMARTS) is 1. The predicted octanol–water partition coefficient (Wildman–Crippen LogP) is 1.44. The molecule has 0 aliphatic carbocycles. The van der Waals surface area contributed by atoms with Crippen molar-refractivity contribution in [2.45, 2.75) is 19.8 Å². The molecule has 1 saturated heterocycles. The van der Waals surface area contributed by atoms with Gasteiger partial charge in [-0.3, -0.25) is 0 Å². The molecular formula is C9H14O3. The summed E-state index contributed by atoms with van der Waals surface area (Å²) in [4.78, 5) is 10.6. The molecule has 0 aromatic rings. The van der Waals surface area contributed by atoms with E-state index in [9.17, 15) is 4.79 Å². The summed E-state index contributed by atoms with van der Waals surface area (Å²) in [6.07, 6.45) is 3.37. The smallest absolute Gasteiger partial charge is 0.331 e. The van der Waals surface area contributed by atoms with Crippen molar-refractivity contribution in [3.63, 3.8) is 0 Å². The van der Waals surface area contributed by atoms with Crippen LogP contribution in [0.5, 0.6) is 0 Å². The van der Waals surface area contributed by atoms with Crippen LogP contribution in [0.2, 0.25) is 0 Å². The first-order valence-corrected chi connectivity index (χ1v) is 4.25. The summed E-state index contributed by atoms with van der Waals surface area (Å²) in [6.45, 7) is 3.30. The highest BCUT2D eigenvalue weighted by atomic mass is 16.5. The molecule has 0 saturated carbocycles. The number of carboxylic acids is 1. The average molecular weight is 170 g/mol. The lowest BCUT2D eigenvalue weighted by Gasteiger charge is -2.02. The molecule has 0 aromatic heterocycles. The van der Waals surface area contributed by atoms with E-state index in [0.29, 0.717) is 24.5 Å².